The Kier molecular flexibility index (Phi) is 4.97. The quantitative estimate of drug-likeness (QED) is 0.898. The Bertz CT molecular complexity index is 444. The van der Waals surface area contributed by atoms with Gasteiger partial charge < -0.3 is 10.6 Å². The first kappa shape index (κ1) is 15.2. The standard InChI is InChI=1S/C16H28N4/c1-5-20(14-8-6-7-13(14)10-17)15-9-12(4)18-16(19-15)11(2)3/h9,11,13-14H,5-8,10,17H2,1-4H3. The number of hydrogen-bond acceptors (Lipinski definition) is 4. The van der Waals surface area contributed by atoms with Crippen LogP contribution in [0.4, 0.5) is 5.82 Å². The largest absolute Gasteiger partial charge is 0.353 e. The average molecular weight is 276 g/mol. The topological polar surface area (TPSA) is 55.0 Å². The summed E-state index contributed by atoms with van der Waals surface area (Å²) in [6, 6.07) is 2.65. The van der Waals surface area contributed by atoms with Crippen molar-refractivity contribution in [2.75, 3.05) is 18.0 Å². The van der Waals surface area contributed by atoms with Crippen LogP contribution >= 0.6 is 0 Å². The van der Waals surface area contributed by atoms with Gasteiger partial charge in [-0.15, -0.1) is 0 Å². The van der Waals surface area contributed by atoms with Crippen molar-refractivity contribution >= 4 is 5.82 Å². The molecule has 0 amide bonds. The van der Waals surface area contributed by atoms with Crippen LogP contribution in [-0.4, -0.2) is 29.1 Å². The van der Waals surface area contributed by atoms with Crippen LogP contribution in [0.1, 0.15) is 57.5 Å². The molecule has 1 saturated carbocycles. The van der Waals surface area contributed by atoms with Crippen LogP contribution in [0.5, 0.6) is 0 Å². The molecule has 4 heteroatoms. The van der Waals surface area contributed by atoms with Crippen molar-refractivity contribution in [1.29, 1.82) is 0 Å². The van der Waals surface area contributed by atoms with Crippen molar-refractivity contribution in [2.24, 2.45) is 11.7 Å². The lowest BCUT2D eigenvalue weighted by molar-refractivity contribution is 0.458. The summed E-state index contributed by atoms with van der Waals surface area (Å²) < 4.78 is 0. The van der Waals surface area contributed by atoms with Gasteiger partial charge in [0.2, 0.25) is 0 Å². The summed E-state index contributed by atoms with van der Waals surface area (Å²) >= 11 is 0. The first-order chi connectivity index (χ1) is 9.56. The summed E-state index contributed by atoms with van der Waals surface area (Å²) in [5.41, 5.74) is 7.00. The fraction of sp³-hybridized carbons (Fsp3) is 0.750. The lowest BCUT2D eigenvalue weighted by atomic mass is 10.0. The highest BCUT2D eigenvalue weighted by atomic mass is 15.2. The molecule has 0 saturated heterocycles. The van der Waals surface area contributed by atoms with E-state index in [1.165, 1.54) is 19.3 Å². The Balaban J connectivity index is 2.31. The van der Waals surface area contributed by atoms with E-state index < -0.39 is 0 Å². The molecule has 1 aliphatic carbocycles. The third-order valence-electron chi connectivity index (χ3n) is 4.33. The number of nitrogens with two attached hydrogens (primary N) is 1. The number of rotatable bonds is 5. The predicted molar refractivity (Wildman–Crippen MR) is 84.1 cm³/mol. The van der Waals surface area contributed by atoms with Crippen LogP contribution in [0.25, 0.3) is 0 Å². The summed E-state index contributed by atoms with van der Waals surface area (Å²) in [4.78, 5) is 11.8. The zero-order valence-electron chi connectivity index (χ0n) is 13.3. The van der Waals surface area contributed by atoms with Gasteiger partial charge in [-0.2, -0.15) is 0 Å². The third kappa shape index (κ3) is 3.11. The van der Waals surface area contributed by atoms with Crippen molar-refractivity contribution in [1.82, 2.24) is 9.97 Å². The van der Waals surface area contributed by atoms with Gasteiger partial charge >= 0.3 is 0 Å². The maximum absolute atomic E-state index is 5.94. The minimum atomic E-state index is 0.362. The van der Waals surface area contributed by atoms with Gasteiger partial charge in [-0.1, -0.05) is 20.3 Å². The Morgan fingerprint density at radius 2 is 2.10 bits per heavy atom. The number of aryl methyl sites for hydroxylation is 1. The minimum Gasteiger partial charge on any atom is -0.353 e. The lowest BCUT2D eigenvalue weighted by Gasteiger charge is -2.33. The number of anilines is 1. The highest BCUT2D eigenvalue weighted by Crippen LogP contribution is 2.32. The normalized spacial score (nSPS) is 22.5. The van der Waals surface area contributed by atoms with Crippen molar-refractivity contribution in [3.8, 4) is 0 Å². The van der Waals surface area contributed by atoms with E-state index in [-0.39, 0.29) is 0 Å². The van der Waals surface area contributed by atoms with E-state index in [1.807, 2.05) is 0 Å². The van der Waals surface area contributed by atoms with Gasteiger partial charge in [0.25, 0.3) is 0 Å². The highest BCUT2D eigenvalue weighted by Gasteiger charge is 2.31. The molecular formula is C16H28N4. The second-order valence-electron chi connectivity index (χ2n) is 6.16. The Morgan fingerprint density at radius 3 is 2.70 bits per heavy atom. The first-order valence-electron chi connectivity index (χ1n) is 7.89. The van der Waals surface area contributed by atoms with E-state index in [4.69, 9.17) is 10.7 Å². The SMILES string of the molecule is CCN(c1cc(C)nc(C(C)C)n1)C1CCCC1CN. The van der Waals surface area contributed by atoms with Crippen LogP contribution in [0, 0.1) is 12.8 Å². The van der Waals surface area contributed by atoms with E-state index in [0.29, 0.717) is 17.9 Å². The summed E-state index contributed by atoms with van der Waals surface area (Å²) in [6.45, 7) is 10.3. The van der Waals surface area contributed by atoms with Gasteiger partial charge in [-0.3, -0.25) is 0 Å². The van der Waals surface area contributed by atoms with Crippen molar-refractivity contribution in [3.63, 3.8) is 0 Å². The molecular weight excluding hydrogens is 248 g/mol. The number of hydrogen-bond donors (Lipinski definition) is 1. The predicted octanol–water partition coefficient (Wildman–Crippen LogP) is 2.86. The Labute approximate surface area is 122 Å². The zero-order valence-corrected chi connectivity index (χ0v) is 13.3. The molecule has 1 fully saturated rings. The van der Waals surface area contributed by atoms with Gasteiger partial charge in [0.05, 0.1) is 0 Å². The van der Waals surface area contributed by atoms with Crippen LogP contribution < -0.4 is 10.6 Å². The van der Waals surface area contributed by atoms with E-state index in [1.54, 1.807) is 0 Å². The maximum atomic E-state index is 5.94. The van der Waals surface area contributed by atoms with Crippen LogP contribution in [-0.2, 0) is 0 Å². The molecule has 0 radical (unpaired) electrons. The van der Waals surface area contributed by atoms with Crippen LogP contribution in [0.3, 0.4) is 0 Å². The first-order valence-corrected chi connectivity index (χ1v) is 7.89. The molecule has 112 valence electrons. The lowest BCUT2D eigenvalue weighted by Crippen LogP contribution is -2.41. The molecule has 0 spiro atoms. The van der Waals surface area contributed by atoms with Gasteiger partial charge in [0, 0.05) is 30.3 Å². The van der Waals surface area contributed by atoms with Crippen LogP contribution in [0.2, 0.25) is 0 Å². The van der Waals surface area contributed by atoms with Gasteiger partial charge in [0.15, 0.2) is 0 Å². The van der Waals surface area contributed by atoms with E-state index in [0.717, 1.165) is 30.4 Å². The second kappa shape index (κ2) is 6.53. The molecule has 1 aromatic heterocycles. The molecule has 2 atom stereocenters. The highest BCUT2D eigenvalue weighted by molar-refractivity contribution is 5.42. The molecule has 1 heterocycles. The molecule has 2 rings (SSSR count). The molecule has 1 aliphatic rings. The summed E-state index contributed by atoms with van der Waals surface area (Å²) in [5, 5.41) is 0. The summed E-state index contributed by atoms with van der Waals surface area (Å²) in [7, 11) is 0. The second-order valence-corrected chi connectivity index (χ2v) is 6.16. The van der Waals surface area contributed by atoms with Gasteiger partial charge in [-0.25, -0.2) is 9.97 Å². The molecule has 1 aromatic rings. The molecule has 2 N–H and O–H groups in total. The Morgan fingerprint density at radius 1 is 1.35 bits per heavy atom. The monoisotopic (exact) mass is 276 g/mol. The molecule has 4 nitrogen and oxygen atoms in total. The summed E-state index contributed by atoms with van der Waals surface area (Å²) in [6.07, 6.45) is 3.76. The smallest absolute Gasteiger partial charge is 0.133 e. The molecule has 0 aliphatic heterocycles. The average Bonchev–Trinajstić information content (AvgIpc) is 2.87. The Hall–Kier alpha value is -1.16. The number of nitrogens with zero attached hydrogens (tertiary/aromatic N) is 3. The van der Waals surface area contributed by atoms with Gasteiger partial charge in [-0.05, 0) is 39.2 Å². The number of aromatic nitrogens is 2. The van der Waals surface area contributed by atoms with Crippen molar-refractivity contribution in [2.45, 2.75) is 58.9 Å². The van der Waals surface area contributed by atoms with E-state index in [2.05, 4.69) is 43.6 Å². The summed E-state index contributed by atoms with van der Waals surface area (Å²) in [5.74, 6) is 2.99. The fourth-order valence-corrected chi connectivity index (χ4v) is 3.25. The zero-order chi connectivity index (χ0) is 14.7. The van der Waals surface area contributed by atoms with E-state index in [9.17, 15) is 0 Å². The van der Waals surface area contributed by atoms with Crippen molar-refractivity contribution in [3.05, 3.63) is 17.6 Å². The minimum absolute atomic E-state index is 0.362. The molecule has 2 unspecified atom stereocenters. The molecule has 0 bridgehead atoms. The fourth-order valence-electron chi connectivity index (χ4n) is 3.25. The third-order valence-corrected chi connectivity index (χ3v) is 4.33. The van der Waals surface area contributed by atoms with Crippen molar-refractivity contribution < 1.29 is 0 Å². The van der Waals surface area contributed by atoms with Gasteiger partial charge in [0.1, 0.15) is 11.6 Å². The molecule has 20 heavy (non-hydrogen) atoms. The molecule has 0 aromatic carbocycles. The maximum Gasteiger partial charge on any atom is 0.133 e. The van der Waals surface area contributed by atoms with E-state index >= 15 is 0 Å². The van der Waals surface area contributed by atoms with Crippen LogP contribution in [0.15, 0.2) is 6.07 Å².